The number of hydrogen-bond donors (Lipinski definition) is 1. The van der Waals surface area contributed by atoms with E-state index in [2.05, 4.69) is 0 Å². The van der Waals surface area contributed by atoms with Gasteiger partial charge in [-0.2, -0.15) is 5.26 Å². The molecular formula is C12H11N3O3. The molecule has 1 aliphatic heterocycles. The van der Waals surface area contributed by atoms with Crippen molar-refractivity contribution in [1.82, 2.24) is 0 Å². The molecule has 0 bridgehead atoms. The summed E-state index contributed by atoms with van der Waals surface area (Å²) in [5.74, 6) is -0.429. The van der Waals surface area contributed by atoms with Crippen LogP contribution in [-0.4, -0.2) is 18.4 Å². The third-order valence-electron chi connectivity index (χ3n) is 2.52. The van der Waals surface area contributed by atoms with Crippen LogP contribution in [0, 0.1) is 11.3 Å². The van der Waals surface area contributed by atoms with Crippen LogP contribution < -0.4 is 15.4 Å². The molecule has 0 saturated heterocycles. The smallest absolute Gasteiger partial charge is 0.271 e. The number of imide groups is 1. The molecule has 18 heavy (non-hydrogen) atoms. The quantitative estimate of drug-likeness (QED) is 0.778. The van der Waals surface area contributed by atoms with E-state index in [1.165, 1.54) is 6.07 Å². The van der Waals surface area contributed by atoms with E-state index in [1.807, 2.05) is 6.07 Å². The molecular weight excluding hydrogens is 234 g/mol. The second-order valence-electron chi connectivity index (χ2n) is 3.80. The van der Waals surface area contributed by atoms with E-state index in [0.29, 0.717) is 17.1 Å². The molecule has 1 aromatic rings. The first-order valence-corrected chi connectivity index (χ1v) is 5.38. The van der Waals surface area contributed by atoms with Crippen LogP contribution in [0.2, 0.25) is 0 Å². The van der Waals surface area contributed by atoms with Crippen molar-refractivity contribution in [3.8, 4) is 11.8 Å². The number of nitrogen functional groups attached to an aromatic ring is 1. The highest BCUT2D eigenvalue weighted by Crippen LogP contribution is 2.34. The lowest BCUT2D eigenvalue weighted by atomic mass is 10.2. The zero-order valence-corrected chi connectivity index (χ0v) is 9.55. The van der Waals surface area contributed by atoms with Gasteiger partial charge < -0.3 is 10.5 Å². The van der Waals surface area contributed by atoms with Gasteiger partial charge in [-0.25, -0.2) is 4.90 Å². The van der Waals surface area contributed by atoms with E-state index in [9.17, 15) is 9.59 Å². The minimum absolute atomic E-state index is 0.00349. The number of carbonyl (C=O) groups is 2. The summed E-state index contributed by atoms with van der Waals surface area (Å²) in [4.78, 5) is 24.7. The number of nitrogens with two attached hydrogens (primary N) is 1. The van der Waals surface area contributed by atoms with Crippen molar-refractivity contribution < 1.29 is 14.3 Å². The predicted octanol–water partition coefficient (Wildman–Crippen LogP) is 0.825. The Hall–Kier alpha value is -2.55. The Morgan fingerprint density at radius 1 is 1.56 bits per heavy atom. The molecule has 1 aromatic carbocycles. The van der Waals surface area contributed by atoms with Gasteiger partial charge in [0.1, 0.15) is 5.75 Å². The van der Waals surface area contributed by atoms with E-state index in [1.54, 1.807) is 12.1 Å². The number of anilines is 2. The van der Waals surface area contributed by atoms with Crippen LogP contribution in [0.3, 0.4) is 0 Å². The fourth-order valence-electron chi connectivity index (χ4n) is 1.72. The Kier molecular flexibility index (Phi) is 3.15. The molecule has 0 fully saturated rings. The van der Waals surface area contributed by atoms with Crippen LogP contribution in [0.5, 0.6) is 5.75 Å². The maximum atomic E-state index is 11.9. The SMILES string of the molecule is N#CCCC(=O)N1C(=O)COc2ccc(N)cc21. The molecule has 0 aromatic heterocycles. The van der Waals surface area contributed by atoms with Crippen molar-refractivity contribution in [1.29, 1.82) is 5.26 Å². The van der Waals surface area contributed by atoms with Crippen molar-refractivity contribution in [2.24, 2.45) is 0 Å². The number of rotatable bonds is 2. The van der Waals surface area contributed by atoms with Gasteiger partial charge in [-0.15, -0.1) is 0 Å². The number of benzene rings is 1. The molecule has 0 unspecified atom stereocenters. The molecule has 6 heteroatoms. The summed E-state index contributed by atoms with van der Waals surface area (Å²) in [6.45, 7) is -0.185. The first kappa shape index (κ1) is 11.9. The summed E-state index contributed by atoms with van der Waals surface area (Å²) in [5.41, 5.74) is 6.41. The summed E-state index contributed by atoms with van der Waals surface area (Å²) in [7, 11) is 0. The fraction of sp³-hybridized carbons (Fsp3) is 0.250. The zero-order chi connectivity index (χ0) is 13.1. The summed E-state index contributed by atoms with van der Waals surface area (Å²) in [6, 6.07) is 6.63. The Labute approximate surface area is 104 Å². The predicted molar refractivity (Wildman–Crippen MR) is 63.7 cm³/mol. The first-order valence-electron chi connectivity index (χ1n) is 5.38. The van der Waals surface area contributed by atoms with Crippen molar-refractivity contribution >= 4 is 23.2 Å². The second kappa shape index (κ2) is 4.75. The summed E-state index contributed by atoms with van der Waals surface area (Å²) in [6.07, 6.45) is 0.0671. The average molecular weight is 245 g/mol. The third-order valence-corrected chi connectivity index (χ3v) is 2.52. The van der Waals surface area contributed by atoms with Gasteiger partial charge in [0.15, 0.2) is 6.61 Å². The summed E-state index contributed by atoms with van der Waals surface area (Å²) in [5, 5.41) is 8.47. The van der Waals surface area contributed by atoms with Gasteiger partial charge in [-0.05, 0) is 18.2 Å². The Morgan fingerprint density at radius 2 is 2.33 bits per heavy atom. The van der Waals surface area contributed by atoms with Crippen LogP contribution in [-0.2, 0) is 9.59 Å². The highest BCUT2D eigenvalue weighted by Gasteiger charge is 2.30. The molecule has 92 valence electrons. The Balaban J connectivity index is 2.36. The number of fused-ring (bicyclic) bond motifs is 1. The molecule has 0 atom stereocenters. The molecule has 0 saturated carbocycles. The van der Waals surface area contributed by atoms with Gasteiger partial charge in [0.2, 0.25) is 5.91 Å². The number of hydrogen-bond acceptors (Lipinski definition) is 5. The van der Waals surface area contributed by atoms with Crippen LogP contribution in [0.4, 0.5) is 11.4 Å². The van der Waals surface area contributed by atoms with Gasteiger partial charge in [-0.1, -0.05) is 0 Å². The van der Waals surface area contributed by atoms with Crippen LogP contribution in [0.15, 0.2) is 18.2 Å². The minimum atomic E-state index is -0.448. The number of nitriles is 1. The third kappa shape index (κ3) is 2.11. The molecule has 1 aliphatic rings. The van der Waals surface area contributed by atoms with Gasteiger partial charge in [0, 0.05) is 18.5 Å². The molecule has 1 heterocycles. The topological polar surface area (TPSA) is 96.4 Å². The van der Waals surface area contributed by atoms with Gasteiger partial charge in [-0.3, -0.25) is 9.59 Å². The minimum Gasteiger partial charge on any atom is -0.482 e. The average Bonchev–Trinajstić information content (AvgIpc) is 2.35. The number of carbonyl (C=O) groups excluding carboxylic acids is 2. The van der Waals surface area contributed by atoms with Crippen molar-refractivity contribution in [3.05, 3.63) is 18.2 Å². The summed E-state index contributed by atoms with van der Waals surface area (Å²) < 4.78 is 5.21. The highest BCUT2D eigenvalue weighted by molar-refractivity contribution is 6.17. The zero-order valence-electron chi connectivity index (χ0n) is 9.55. The Bertz CT molecular complexity index is 548. The number of amides is 2. The lowest BCUT2D eigenvalue weighted by Gasteiger charge is -2.27. The van der Waals surface area contributed by atoms with E-state index < -0.39 is 11.8 Å². The largest absolute Gasteiger partial charge is 0.482 e. The van der Waals surface area contributed by atoms with Crippen LogP contribution in [0.1, 0.15) is 12.8 Å². The summed E-state index contributed by atoms with van der Waals surface area (Å²) >= 11 is 0. The lowest BCUT2D eigenvalue weighted by Crippen LogP contribution is -2.43. The Morgan fingerprint density at radius 3 is 3.06 bits per heavy atom. The van der Waals surface area contributed by atoms with Crippen molar-refractivity contribution in [2.45, 2.75) is 12.8 Å². The molecule has 0 spiro atoms. The molecule has 2 N–H and O–H groups in total. The van der Waals surface area contributed by atoms with Crippen molar-refractivity contribution in [2.75, 3.05) is 17.2 Å². The second-order valence-corrected chi connectivity index (χ2v) is 3.80. The van der Waals surface area contributed by atoms with Gasteiger partial charge >= 0.3 is 0 Å². The first-order chi connectivity index (χ1) is 8.63. The molecule has 2 rings (SSSR count). The van der Waals surface area contributed by atoms with E-state index in [4.69, 9.17) is 15.7 Å². The van der Waals surface area contributed by atoms with E-state index in [-0.39, 0.29) is 19.4 Å². The fourth-order valence-corrected chi connectivity index (χ4v) is 1.72. The monoisotopic (exact) mass is 245 g/mol. The van der Waals surface area contributed by atoms with Gasteiger partial charge in [0.05, 0.1) is 11.8 Å². The highest BCUT2D eigenvalue weighted by atomic mass is 16.5. The van der Waals surface area contributed by atoms with E-state index >= 15 is 0 Å². The van der Waals surface area contributed by atoms with E-state index in [0.717, 1.165) is 4.90 Å². The van der Waals surface area contributed by atoms with Crippen LogP contribution >= 0.6 is 0 Å². The maximum absolute atomic E-state index is 11.9. The lowest BCUT2D eigenvalue weighted by molar-refractivity contribution is -0.128. The maximum Gasteiger partial charge on any atom is 0.271 e. The molecule has 0 aliphatic carbocycles. The molecule has 0 radical (unpaired) electrons. The van der Waals surface area contributed by atoms with Crippen LogP contribution in [0.25, 0.3) is 0 Å². The number of ether oxygens (including phenoxy) is 1. The molecule has 6 nitrogen and oxygen atoms in total. The number of nitrogens with zero attached hydrogens (tertiary/aromatic N) is 2. The normalized spacial score (nSPS) is 13.5. The standard InChI is InChI=1S/C12H11N3O3/c13-5-1-2-11(16)15-9-6-8(14)3-4-10(9)18-7-12(15)17/h3-4,6H,1-2,7,14H2. The van der Waals surface area contributed by atoms with Crippen molar-refractivity contribution in [3.63, 3.8) is 0 Å². The molecule has 2 amide bonds. The van der Waals surface area contributed by atoms with Gasteiger partial charge in [0.25, 0.3) is 5.91 Å².